The molecule has 1 aromatic heterocycles. The van der Waals surface area contributed by atoms with Gasteiger partial charge in [-0.25, -0.2) is 18.3 Å². The Morgan fingerprint density at radius 2 is 1.87 bits per heavy atom. The van der Waals surface area contributed by atoms with E-state index in [1.54, 1.807) is 23.1 Å². The number of thioether (sulfide) groups is 1. The van der Waals surface area contributed by atoms with Crippen LogP contribution >= 0.6 is 46.3 Å². The van der Waals surface area contributed by atoms with Gasteiger partial charge in [0, 0.05) is 46.8 Å². The van der Waals surface area contributed by atoms with Crippen molar-refractivity contribution in [3.63, 3.8) is 0 Å². The summed E-state index contributed by atoms with van der Waals surface area (Å²) in [6, 6.07) is 10.8. The number of carbonyl (C=O) groups is 1. The fourth-order valence-electron chi connectivity index (χ4n) is 3.65. The highest BCUT2D eigenvalue weighted by atomic mass is 35.5. The van der Waals surface area contributed by atoms with Crippen LogP contribution in [0.3, 0.4) is 0 Å². The van der Waals surface area contributed by atoms with E-state index in [1.165, 1.54) is 0 Å². The molecule has 0 atom stereocenters. The minimum absolute atomic E-state index is 0.244. The smallest absolute Gasteiger partial charge is 0.338 e. The van der Waals surface area contributed by atoms with E-state index in [4.69, 9.17) is 28.4 Å². The van der Waals surface area contributed by atoms with Gasteiger partial charge in [-0.05, 0) is 36.8 Å². The lowest BCUT2D eigenvalue weighted by Crippen LogP contribution is -2.36. The van der Waals surface area contributed by atoms with Gasteiger partial charge in [0.05, 0.1) is 26.9 Å². The van der Waals surface area contributed by atoms with Crippen LogP contribution in [0.2, 0.25) is 10.0 Å². The molecule has 0 aliphatic carbocycles. The molecule has 3 aromatic rings. The number of primary amides is 1. The number of hydroxylamine groups is 2. The SMILES string of the molecule is CCCCN1C(=Cc2sc3ccc(Cl)cc3[n+]2CCCS(=O)(=O)[O-])Sc2ccc(Cl)cc21.CN(O)C(N)=O. The first-order valence-electron chi connectivity index (χ1n) is 11.6. The Balaban J connectivity index is 0.000000599. The summed E-state index contributed by atoms with van der Waals surface area (Å²) in [7, 11) is -3.10. The number of nitrogens with two attached hydrogens (primary N) is 1. The number of benzene rings is 2. The predicted molar refractivity (Wildman–Crippen MR) is 153 cm³/mol. The van der Waals surface area contributed by atoms with Gasteiger partial charge in [-0.3, -0.25) is 5.21 Å². The molecule has 0 saturated carbocycles. The number of thiazole rings is 1. The van der Waals surface area contributed by atoms with Gasteiger partial charge in [-0.1, -0.05) is 59.6 Å². The maximum absolute atomic E-state index is 11.1. The fourth-order valence-corrected chi connectivity index (χ4v) is 6.75. The number of aromatic nitrogens is 1. The molecule has 3 N–H and O–H groups in total. The Hall–Kier alpha value is -2.06. The molecule has 0 radical (unpaired) electrons. The van der Waals surface area contributed by atoms with Crippen LogP contribution in [0.25, 0.3) is 16.3 Å². The molecule has 2 aromatic carbocycles. The van der Waals surface area contributed by atoms with Crippen LogP contribution in [-0.4, -0.2) is 48.6 Å². The largest absolute Gasteiger partial charge is 0.748 e. The van der Waals surface area contributed by atoms with Crippen molar-refractivity contribution >= 4 is 84.4 Å². The Bertz CT molecular complexity index is 1440. The maximum atomic E-state index is 11.1. The average molecular weight is 620 g/mol. The zero-order valence-corrected chi connectivity index (χ0v) is 24.7. The fraction of sp³-hybridized carbons (Fsp3) is 0.333. The van der Waals surface area contributed by atoms with E-state index in [0.29, 0.717) is 21.7 Å². The second kappa shape index (κ2) is 13.3. The molecule has 1 aliphatic rings. The van der Waals surface area contributed by atoms with Crippen LogP contribution in [0, 0.1) is 0 Å². The molecule has 38 heavy (non-hydrogen) atoms. The molecule has 2 heterocycles. The van der Waals surface area contributed by atoms with E-state index >= 15 is 0 Å². The zero-order valence-electron chi connectivity index (χ0n) is 20.8. The zero-order chi connectivity index (χ0) is 28.0. The van der Waals surface area contributed by atoms with E-state index in [9.17, 15) is 17.8 Å². The average Bonchev–Trinajstić information content (AvgIpc) is 3.34. The van der Waals surface area contributed by atoms with Crippen LogP contribution in [-0.2, 0) is 16.7 Å². The van der Waals surface area contributed by atoms with E-state index in [2.05, 4.69) is 28.2 Å². The number of carbonyl (C=O) groups excluding carboxylic acids is 1. The highest BCUT2D eigenvalue weighted by Crippen LogP contribution is 2.48. The Morgan fingerprint density at radius 1 is 1.21 bits per heavy atom. The molecule has 14 heteroatoms. The standard InChI is InChI=1S/C22H22Cl2N2O3S3.C2H6N2O2/c1-2-3-9-25-17-12-15(23)5-7-19(17)30-21(25)14-22-26(10-4-11-32(27,28)29)18-13-16(24)6-8-20(18)31-22;1-4(6)2(3)5/h5-8,12-14H,2-4,9-11H2,1H3;6H,1H3,(H2,3,5). The van der Waals surface area contributed by atoms with Crippen LogP contribution in [0.4, 0.5) is 10.5 Å². The van der Waals surface area contributed by atoms with Gasteiger partial charge < -0.3 is 15.2 Å². The maximum Gasteiger partial charge on any atom is 0.338 e. The molecule has 0 fully saturated rings. The summed E-state index contributed by atoms with van der Waals surface area (Å²) in [6.07, 6.45) is 4.51. The molecule has 0 spiro atoms. The van der Waals surface area contributed by atoms with E-state index < -0.39 is 21.9 Å². The lowest BCUT2D eigenvalue weighted by atomic mass is 10.2. The number of aryl methyl sites for hydroxylation is 1. The first kappa shape index (κ1) is 30.5. The van der Waals surface area contributed by atoms with Crippen molar-refractivity contribution < 1.29 is 27.5 Å². The van der Waals surface area contributed by atoms with E-state index in [1.807, 2.05) is 36.4 Å². The van der Waals surface area contributed by atoms with Gasteiger partial charge in [0.25, 0.3) is 5.01 Å². The lowest BCUT2D eigenvalue weighted by Gasteiger charge is -2.20. The number of anilines is 1. The summed E-state index contributed by atoms with van der Waals surface area (Å²) in [4.78, 5) is 13.0. The third kappa shape index (κ3) is 8.22. The molecule has 2 amide bonds. The van der Waals surface area contributed by atoms with Crippen LogP contribution in [0.15, 0.2) is 46.3 Å². The van der Waals surface area contributed by atoms with Gasteiger partial charge in [0.15, 0.2) is 6.54 Å². The molecule has 206 valence electrons. The van der Waals surface area contributed by atoms with E-state index in [0.717, 1.165) is 57.3 Å². The quantitative estimate of drug-likeness (QED) is 0.147. The number of halogens is 2. The summed E-state index contributed by atoms with van der Waals surface area (Å²) < 4.78 is 36.5. The first-order valence-corrected chi connectivity index (χ1v) is 15.6. The number of hydrogen-bond donors (Lipinski definition) is 2. The topological polar surface area (TPSA) is 131 Å². The highest BCUT2D eigenvalue weighted by molar-refractivity contribution is 8.03. The van der Waals surface area contributed by atoms with Crippen molar-refractivity contribution in [2.45, 2.75) is 37.6 Å². The molecule has 0 unspecified atom stereocenters. The molecule has 0 bridgehead atoms. The van der Waals surface area contributed by atoms with Crippen molar-refractivity contribution in [3.8, 4) is 0 Å². The van der Waals surface area contributed by atoms with Gasteiger partial charge in [0.2, 0.25) is 5.52 Å². The summed E-state index contributed by atoms with van der Waals surface area (Å²) in [5, 5.41) is 11.7. The van der Waals surface area contributed by atoms with Crippen LogP contribution in [0.5, 0.6) is 0 Å². The number of nitrogens with zero attached hydrogens (tertiary/aromatic N) is 3. The normalized spacial score (nSPS) is 13.9. The number of amides is 2. The van der Waals surface area contributed by atoms with Gasteiger partial charge in [-0.15, -0.1) is 0 Å². The van der Waals surface area contributed by atoms with Gasteiger partial charge in [0.1, 0.15) is 4.70 Å². The number of unbranched alkanes of at least 4 members (excludes halogenated alkanes) is 1. The predicted octanol–water partition coefficient (Wildman–Crippen LogP) is 5.53. The number of rotatable bonds is 8. The van der Waals surface area contributed by atoms with Gasteiger partial charge >= 0.3 is 6.03 Å². The molecular weight excluding hydrogens is 591 g/mol. The Morgan fingerprint density at radius 3 is 2.50 bits per heavy atom. The number of urea groups is 1. The molecule has 0 saturated heterocycles. The third-order valence-electron chi connectivity index (χ3n) is 5.46. The lowest BCUT2D eigenvalue weighted by molar-refractivity contribution is -0.668. The van der Waals surface area contributed by atoms with Crippen LogP contribution < -0.4 is 15.2 Å². The minimum atomic E-state index is -4.26. The minimum Gasteiger partial charge on any atom is -0.748 e. The Labute approximate surface area is 240 Å². The molecule has 9 nitrogen and oxygen atoms in total. The summed E-state index contributed by atoms with van der Waals surface area (Å²) in [6.45, 7) is 3.46. The van der Waals surface area contributed by atoms with Crippen molar-refractivity contribution in [2.75, 3.05) is 24.2 Å². The third-order valence-corrected chi connectivity index (χ3v) is 8.95. The van der Waals surface area contributed by atoms with Gasteiger partial charge in [-0.2, -0.15) is 4.57 Å². The second-order valence-electron chi connectivity index (χ2n) is 8.38. The van der Waals surface area contributed by atoms with Crippen molar-refractivity contribution in [1.82, 2.24) is 5.06 Å². The van der Waals surface area contributed by atoms with Crippen molar-refractivity contribution in [3.05, 3.63) is 56.5 Å². The van der Waals surface area contributed by atoms with Crippen molar-refractivity contribution in [2.24, 2.45) is 5.73 Å². The first-order chi connectivity index (χ1) is 17.9. The summed E-state index contributed by atoms with van der Waals surface area (Å²) in [5.74, 6) is -0.394. The highest BCUT2D eigenvalue weighted by Gasteiger charge is 2.28. The molecular formula is C24H28Cl2N4O5S3. The van der Waals surface area contributed by atoms with Crippen LogP contribution in [0.1, 0.15) is 31.2 Å². The summed E-state index contributed by atoms with van der Waals surface area (Å²) in [5.41, 5.74) is 6.51. The summed E-state index contributed by atoms with van der Waals surface area (Å²) >= 11 is 15.8. The molecule has 4 rings (SSSR count). The van der Waals surface area contributed by atoms with Crippen molar-refractivity contribution in [1.29, 1.82) is 0 Å². The Kier molecular flexibility index (Phi) is 10.7. The molecule has 1 aliphatic heterocycles. The number of hydrogen-bond acceptors (Lipinski definition) is 8. The monoisotopic (exact) mass is 618 g/mol. The second-order valence-corrected chi connectivity index (χ2v) is 12.9. The van der Waals surface area contributed by atoms with E-state index in [-0.39, 0.29) is 6.42 Å². The number of fused-ring (bicyclic) bond motifs is 2.